The molecule has 0 saturated heterocycles. The molecule has 0 bridgehead atoms. The number of aromatic carboxylic acids is 1. The second-order valence-electron chi connectivity index (χ2n) is 2.21. The Hall–Kier alpha value is -1.43. The molecule has 0 aliphatic heterocycles. The van der Waals surface area contributed by atoms with E-state index < -0.39 is 11.7 Å². The van der Waals surface area contributed by atoms with Gasteiger partial charge in [-0.05, 0) is 6.92 Å². The van der Waals surface area contributed by atoms with Crippen molar-refractivity contribution in [1.29, 1.82) is 0 Å². The number of aromatic nitrogens is 2. The molecule has 0 aromatic carbocycles. The number of H-pyrrole nitrogens is 2. The monoisotopic (exact) mass is 186 g/mol. The van der Waals surface area contributed by atoms with Crippen molar-refractivity contribution in [2.24, 2.45) is 0 Å². The molecule has 64 valence electrons. The van der Waals surface area contributed by atoms with Crippen LogP contribution >= 0.6 is 12.2 Å². The fourth-order valence-electron chi connectivity index (χ4n) is 0.857. The predicted molar refractivity (Wildman–Crippen MR) is 43.9 cm³/mol. The first-order chi connectivity index (χ1) is 5.52. The first kappa shape index (κ1) is 8.66. The quantitative estimate of drug-likeness (QED) is 0.555. The maximum absolute atomic E-state index is 10.7. The summed E-state index contributed by atoms with van der Waals surface area (Å²) in [4.78, 5) is 25.7. The maximum Gasteiger partial charge on any atom is 0.340 e. The van der Waals surface area contributed by atoms with E-state index in [9.17, 15) is 9.59 Å². The molecule has 5 nitrogen and oxygen atoms in total. The molecule has 1 heterocycles. The van der Waals surface area contributed by atoms with Crippen LogP contribution in [-0.4, -0.2) is 21.0 Å². The van der Waals surface area contributed by atoms with Crippen LogP contribution in [0, 0.1) is 11.6 Å². The first-order valence-electron chi connectivity index (χ1n) is 3.09. The lowest BCUT2D eigenvalue weighted by Gasteiger charge is -1.97. The van der Waals surface area contributed by atoms with Crippen molar-refractivity contribution < 1.29 is 9.90 Å². The van der Waals surface area contributed by atoms with E-state index in [1.165, 1.54) is 6.92 Å². The highest BCUT2D eigenvalue weighted by molar-refractivity contribution is 7.71. The molecule has 0 amide bonds. The summed E-state index contributed by atoms with van der Waals surface area (Å²) in [5, 5.41) is 8.63. The number of aryl methyl sites for hydroxylation is 1. The fourth-order valence-corrected chi connectivity index (χ4v) is 1.19. The highest BCUT2D eigenvalue weighted by Crippen LogP contribution is 2.01. The number of carboxylic acids is 1. The average molecular weight is 186 g/mol. The largest absolute Gasteiger partial charge is 0.478 e. The van der Waals surface area contributed by atoms with Crippen LogP contribution < -0.4 is 5.69 Å². The van der Waals surface area contributed by atoms with Crippen molar-refractivity contribution in [3.8, 4) is 0 Å². The molecule has 1 aromatic heterocycles. The Kier molecular flexibility index (Phi) is 2.09. The highest BCUT2D eigenvalue weighted by atomic mass is 32.1. The van der Waals surface area contributed by atoms with Crippen LogP contribution in [0.3, 0.4) is 0 Å². The molecular weight excluding hydrogens is 180 g/mol. The average Bonchev–Trinajstić information content (AvgIpc) is 1.82. The zero-order chi connectivity index (χ0) is 9.30. The minimum absolute atomic E-state index is 0.0521. The minimum Gasteiger partial charge on any atom is -0.478 e. The van der Waals surface area contributed by atoms with Gasteiger partial charge in [-0.15, -0.1) is 0 Å². The molecule has 0 aliphatic rings. The molecule has 3 N–H and O–H groups in total. The normalized spacial score (nSPS) is 9.75. The van der Waals surface area contributed by atoms with E-state index in [1.807, 2.05) is 0 Å². The van der Waals surface area contributed by atoms with Gasteiger partial charge in [-0.3, -0.25) is 4.98 Å². The number of hydrogen-bond donors (Lipinski definition) is 3. The van der Waals surface area contributed by atoms with Crippen LogP contribution in [0.2, 0.25) is 0 Å². The van der Waals surface area contributed by atoms with E-state index in [0.29, 0.717) is 0 Å². The lowest BCUT2D eigenvalue weighted by molar-refractivity contribution is 0.0694. The Labute approximate surface area is 72.1 Å². The summed E-state index contributed by atoms with van der Waals surface area (Å²) >= 11 is 4.65. The number of hydrogen-bond acceptors (Lipinski definition) is 3. The topological polar surface area (TPSA) is 86.0 Å². The Morgan fingerprint density at radius 1 is 1.50 bits per heavy atom. The lowest BCUT2D eigenvalue weighted by atomic mass is 10.2. The zero-order valence-corrected chi connectivity index (χ0v) is 6.99. The molecule has 0 atom stereocenters. The summed E-state index contributed by atoms with van der Waals surface area (Å²) in [5.74, 6) is -1.15. The van der Waals surface area contributed by atoms with Crippen molar-refractivity contribution in [2.45, 2.75) is 6.92 Å². The fraction of sp³-hybridized carbons (Fsp3) is 0.167. The maximum atomic E-state index is 10.7. The van der Waals surface area contributed by atoms with Crippen molar-refractivity contribution >= 4 is 18.2 Å². The molecule has 0 aliphatic carbocycles. The van der Waals surface area contributed by atoms with Gasteiger partial charge < -0.3 is 10.1 Å². The smallest absolute Gasteiger partial charge is 0.340 e. The minimum atomic E-state index is -1.15. The van der Waals surface area contributed by atoms with Crippen LogP contribution in [0.4, 0.5) is 0 Å². The van der Waals surface area contributed by atoms with Crippen LogP contribution in [0.25, 0.3) is 0 Å². The third-order valence-electron chi connectivity index (χ3n) is 1.34. The van der Waals surface area contributed by atoms with Crippen molar-refractivity contribution in [3.63, 3.8) is 0 Å². The van der Waals surface area contributed by atoms with E-state index in [2.05, 4.69) is 22.2 Å². The highest BCUT2D eigenvalue weighted by Gasteiger charge is 2.09. The van der Waals surface area contributed by atoms with Gasteiger partial charge in [0, 0.05) is 5.69 Å². The van der Waals surface area contributed by atoms with Gasteiger partial charge in [0.15, 0.2) is 0 Å². The van der Waals surface area contributed by atoms with E-state index in [4.69, 9.17) is 5.11 Å². The molecule has 6 heteroatoms. The SMILES string of the molecule is Cc1[nH]c(=O)[nH]c(=S)c1C(=O)O. The van der Waals surface area contributed by atoms with Crippen molar-refractivity contribution in [2.75, 3.05) is 0 Å². The zero-order valence-electron chi connectivity index (χ0n) is 6.17. The van der Waals surface area contributed by atoms with Crippen molar-refractivity contribution in [3.05, 3.63) is 26.4 Å². The molecule has 1 rings (SSSR count). The number of carboxylic acid groups (broad SMARTS) is 1. The molecule has 1 aromatic rings. The first-order valence-corrected chi connectivity index (χ1v) is 3.49. The summed E-state index contributed by atoms with van der Waals surface area (Å²) in [6.07, 6.45) is 0. The Bertz CT molecular complexity index is 431. The van der Waals surface area contributed by atoms with Gasteiger partial charge in [-0.1, -0.05) is 12.2 Å². The summed E-state index contributed by atoms with van der Waals surface area (Å²) in [5.41, 5.74) is -0.302. The van der Waals surface area contributed by atoms with Crippen molar-refractivity contribution in [1.82, 2.24) is 9.97 Å². The molecule has 0 spiro atoms. The number of nitrogens with one attached hydrogen (secondary N) is 2. The summed E-state index contributed by atoms with van der Waals surface area (Å²) in [6.45, 7) is 1.48. The molecular formula is C6H6N2O3S. The van der Waals surface area contributed by atoms with E-state index in [-0.39, 0.29) is 15.9 Å². The Morgan fingerprint density at radius 3 is 2.50 bits per heavy atom. The molecule has 0 saturated carbocycles. The van der Waals surface area contributed by atoms with Gasteiger partial charge in [0.2, 0.25) is 0 Å². The van der Waals surface area contributed by atoms with E-state index in [1.54, 1.807) is 0 Å². The third-order valence-corrected chi connectivity index (χ3v) is 1.65. The molecule has 0 radical (unpaired) electrons. The van der Waals surface area contributed by atoms with Gasteiger partial charge >= 0.3 is 11.7 Å². The molecule has 12 heavy (non-hydrogen) atoms. The lowest BCUT2D eigenvalue weighted by Crippen LogP contribution is -2.16. The number of rotatable bonds is 1. The summed E-state index contributed by atoms with van der Waals surface area (Å²) in [6, 6.07) is 0. The summed E-state index contributed by atoms with van der Waals surface area (Å²) < 4.78 is -0.0521. The van der Waals surface area contributed by atoms with Crippen LogP contribution in [0.1, 0.15) is 16.1 Å². The number of aromatic amines is 2. The standard InChI is InChI=1S/C6H6N2O3S/c1-2-3(5(9)10)4(12)8-6(11)7-2/h1H3,(H,9,10)(H2,7,8,11,12). The Morgan fingerprint density at radius 2 is 2.08 bits per heavy atom. The Balaban J connectivity index is 3.60. The predicted octanol–water partition coefficient (Wildman–Crippen LogP) is 0.439. The van der Waals surface area contributed by atoms with Crippen LogP contribution in [-0.2, 0) is 0 Å². The molecule has 0 unspecified atom stereocenters. The van der Waals surface area contributed by atoms with Gasteiger partial charge in [-0.25, -0.2) is 9.59 Å². The second-order valence-corrected chi connectivity index (χ2v) is 2.62. The number of carbonyl (C=O) groups is 1. The van der Waals surface area contributed by atoms with E-state index in [0.717, 1.165) is 0 Å². The van der Waals surface area contributed by atoms with Gasteiger partial charge in [0.05, 0.1) is 0 Å². The summed E-state index contributed by atoms with van der Waals surface area (Å²) in [7, 11) is 0. The van der Waals surface area contributed by atoms with E-state index >= 15 is 0 Å². The van der Waals surface area contributed by atoms with Crippen LogP contribution in [0.5, 0.6) is 0 Å². The van der Waals surface area contributed by atoms with Gasteiger partial charge in [0.1, 0.15) is 10.2 Å². The van der Waals surface area contributed by atoms with Gasteiger partial charge in [0.25, 0.3) is 0 Å². The third kappa shape index (κ3) is 1.42. The van der Waals surface area contributed by atoms with Gasteiger partial charge in [-0.2, -0.15) is 0 Å². The second kappa shape index (κ2) is 2.90. The van der Waals surface area contributed by atoms with Crippen LogP contribution in [0.15, 0.2) is 4.79 Å². The molecule has 0 fully saturated rings.